The first-order valence-corrected chi connectivity index (χ1v) is 13.3. The van der Waals surface area contributed by atoms with E-state index >= 15 is 0 Å². The second-order valence-electron chi connectivity index (χ2n) is 9.72. The zero-order chi connectivity index (χ0) is 24.3. The van der Waals surface area contributed by atoms with Gasteiger partial charge in [-0.25, -0.2) is 4.79 Å². The van der Waals surface area contributed by atoms with Gasteiger partial charge in [-0.2, -0.15) is 0 Å². The van der Waals surface area contributed by atoms with Gasteiger partial charge in [-0.15, -0.1) is 23.1 Å². The summed E-state index contributed by atoms with van der Waals surface area (Å²) >= 11 is 3.03. The lowest BCUT2D eigenvalue weighted by Gasteiger charge is -2.33. The fourth-order valence-electron chi connectivity index (χ4n) is 4.44. The Hall–Kier alpha value is -2.57. The summed E-state index contributed by atoms with van der Waals surface area (Å²) in [6.07, 6.45) is 2.78. The molecule has 0 fully saturated rings. The molecular formula is C28H31NO3S2. The van der Waals surface area contributed by atoms with E-state index in [4.69, 9.17) is 4.74 Å². The van der Waals surface area contributed by atoms with Gasteiger partial charge in [0.2, 0.25) is 5.91 Å². The van der Waals surface area contributed by atoms with Crippen LogP contribution in [0.2, 0.25) is 0 Å². The molecule has 4 nitrogen and oxygen atoms in total. The number of ether oxygens (including phenoxy) is 1. The molecule has 1 heterocycles. The van der Waals surface area contributed by atoms with E-state index in [-0.39, 0.29) is 17.3 Å². The summed E-state index contributed by atoms with van der Waals surface area (Å²) in [6.45, 7) is 6.81. The smallest absolute Gasteiger partial charge is 0.341 e. The molecule has 1 aliphatic rings. The number of fused-ring (bicyclic) bond motifs is 1. The van der Waals surface area contributed by atoms with Crippen LogP contribution in [0.25, 0.3) is 0 Å². The van der Waals surface area contributed by atoms with E-state index in [1.807, 2.05) is 60.7 Å². The third-order valence-electron chi connectivity index (χ3n) is 6.45. The SMILES string of the molecule is COC(=O)c1c(NC(=O)[C@@H](Sc2ccccc2)c2ccccc2)sc2c1CC[C@H](C(C)(C)C)C2. The quantitative estimate of drug-likeness (QED) is 0.292. The highest BCUT2D eigenvalue weighted by Gasteiger charge is 2.35. The summed E-state index contributed by atoms with van der Waals surface area (Å²) in [5, 5.41) is 3.27. The van der Waals surface area contributed by atoms with E-state index < -0.39 is 5.25 Å². The molecule has 1 aliphatic carbocycles. The first kappa shape index (κ1) is 24.6. The van der Waals surface area contributed by atoms with Gasteiger partial charge in [0.15, 0.2) is 0 Å². The minimum atomic E-state index is -0.449. The van der Waals surface area contributed by atoms with Gasteiger partial charge in [0.05, 0.1) is 12.7 Å². The minimum Gasteiger partial charge on any atom is -0.465 e. The Balaban J connectivity index is 1.66. The predicted octanol–water partition coefficient (Wildman–Crippen LogP) is 7.16. The van der Waals surface area contributed by atoms with Crippen LogP contribution in [0.5, 0.6) is 0 Å². The number of carbonyl (C=O) groups excluding carboxylic acids is 2. The van der Waals surface area contributed by atoms with Gasteiger partial charge in [-0.1, -0.05) is 69.3 Å². The van der Waals surface area contributed by atoms with E-state index in [2.05, 4.69) is 26.1 Å². The van der Waals surface area contributed by atoms with Gasteiger partial charge in [0.1, 0.15) is 10.3 Å². The lowest BCUT2D eigenvalue weighted by atomic mass is 9.72. The third kappa shape index (κ3) is 5.39. The number of benzene rings is 2. The van der Waals surface area contributed by atoms with Crippen molar-refractivity contribution in [2.45, 2.75) is 50.2 Å². The first-order chi connectivity index (χ1) is 16.3. The molecule has 0 saturated carbocycles. The van der Waals surface area contributed by atoms with E-state index in [9.17, 15) is 9.59 Å². The maximum Gasteiger partial charge on any atom is 0.341 e. The molecule has 1 aromatic heterocycles. The highest BCUT2D eigenvalue weighted by molar-refractivity contribution is 8.00. The van der Waals surface area contributed by atoms with Gasteiger partial charge in [0.25, 0.3) is 0 Å². The van der Waals surface area contributed by atoms with Crippen molar-refractivity contribution in [3.8, 4) is 0 Å². The van der Waals surface area contributed by atoms with Crippen molar-refractivity contribution in [2.24, 2.45) is 11.3 Å². The summed E-state index contributed by atoms with van der Waals surface area (Å²) in [6, 6.07) is 19.7. The molecule has 0 saturated heterocycles. The second kappa shape index (κ2) is 10.4. The fraction of sp³-hybridized carbons (Fsp3) is 0.357. The highest BCUT2D eigenvalue weighted by atomic mass is 32.2. The van der Waals surface area contributed by atoms with E-state index in [1.165, 1.54) is 35.1 Å². The lowest BCUT2D eigenvalue weighted by molar-refractivity contribution is -0.115. The van der Waals surface area contributed by atoms with Crippen LogP contribution in [0.4, 0.5) is 5.00 Å². The van der Waals surface area contributed by atoms with Gasteiger partial charge in [-0.3, -0.25) is 4.79 Å². The molecule has 3 aromatic rings. The van der Waals surface area contributed by atoms with Crippen LogP contribution >= 0.6 is 23.1 Å². The molecule has 0 radical (unpaired) electrons. The third-order valence-corrected chi connectivity index (χ3v) is 8.89. The number of nitrogens with one attached hydrogen (secondary N) is 1. The van der Waals surface area contributed by atoms with E-state index in [0.717, 1.165) is 35.3 Å². The molecule has 0 spiro atoms. The van der Waals surface area contributed by atoms with Gasteiger partial charge in [-0.05, 0) is 53.9 Å². The van der Waals surface area contributed by atoms with Crippen molar-refractivity contribution in [3.05, 3.63) is 82.2 Å². The predicted molar refractivity (Wildman–Crippen MR) is 141 cm³/mol. The number of thioether (sulfide) groups is 1. The highest BCUT2D eigenvalue weighted by Crippen LogP contribution is 2.45. The summed E-state index contributed by atoms with van der Waals surface area (Å²) in [5.74, 6) is 0.0172. The molecule has 6 heteroatoms. The van der Waals surface area contributed by atoms with Crippen LogP contribution in [0.1, 0.15) is 58.8 Å². The molecule has 1 N–H and O–H groups in total. The van der Waals surface area contributed by atoms with Crippen molar-refractivity contribution in [1.82, 2.24) is 0 Å². The number of anilines is 1. The number of amides is 1. The first-order valence-electron chi connectivity index (χ1n) is 11.6. The number of hydrogen-bond donors (Lipinski definition) is 1. The standard InChI is InChI=1S/C28H31NO3S2/c1-28(2,3)19-15-16-21-22(17-19)34-26(23(21)27(31)32-4)29-25(30)24(18-11-7-5-8-12-18)33-20-13-9-6-10-14-20/h5-14,19,24H,15-17H2,1-4H3,(H,29,30)/t19-,24-/m0/s1. The number of methoxy groups -OCH3 is 1. The van der Waals surface area contributed by atoms with Crippen LogP contribution in [-0.4, -0.2) is 19.0 Å². The normalized spacial score (nSPS) is 16.4. The zero-order valence-electron chi connectivity index (χ0n) is 20.1. The van der Waals surface area contributed by atoms with Crippen LogP contribution in [0, 0.1) is 11.3 Å². The number of rotatable bonds is 6. The van der Waals surface area contributed by atoms with Crippen molar-refractivity contribution >= 4 is 40.0 Å². The number of carbonyl (C=O) groups is 2. The molecule has 2 aromatic carbocycles. The van der Waals surface area contributed by atoms with Crippen molar-refractivity contribution in [2.75, 3.05) is 12.4 Å². The Labute approximate surface area is 210 Å². The van der Waals surface area contributed by atoms with Gasteiger partial charge >= 0.3 is 5.97 Å². The average molecular weight is 494 g/mol. The summed E-state index contributed by atoms with van der Waals surface area (Å²) in [7, 11) is 1.40. The van der Waals surface area contributed by atoms with E-state index in [0.29, 0.717) is 16.5 Å². The molecular weight excluding hydrogens is 462 g/mol. The minimum absolute atomic E-state index is 0.142. The Morgan fingerprint density at radius 2 is 1.71 bits per heavy atom. The topological polar surface area (TPSA) is 55.4 Å². The molecule has 34 heavy (non-hydrogen) atoms. The number of esters is 1. The Bertz CT molecular complexity index is 1150. The molecule has 4 rings (SSSR count). The monoisotopic (exact) mass is 493 g/mol. The second-order valence-corrected chi connectivity index (χ2v) is 12.0. The van der Waals surface area contributed by atoms with Gasteiger partial charge < -0.3 is 10.1 Å². The summed E-state index contributed by atoms with van der Waals surface area (Å²) in [5.41, 5.74) is 2.68. The van der Waals surface area contributed by atoms with Crippen molar-refractivity contribution in [3.63, 3.8) is 0 Å². The van der Waals surface area contributed by atoms with Crippen LogP contribution in [0.3, 0.4) is 0 Å². The van der Waals surface area contributed by atoms with Crippen LogP contribution in [-0.2, 0) is 22.4 Å². The van der Waals surface area contributed by atoms with Crippen molar-refractivity contribution in [1.29, 1.82) is 0 Å². The average Bonchev–Trinajstić information content (AvgIpc) is 3.19. The molecule has 0 bridgehead atoms. The zero-order valence-corrected chi connectivity index (χ0v) is 21.7. The maximum absolute atomic E-state index is 13.6. The maximum atomic E-state index is 13.6. The van der Waals surface area contributed by atoms with E-state index in [1.54, 1.807) is 0 Å². The molecule has 178 valence electrons. The number of thiophene rings is 1. The Kier molecular flexibility index (Phi) is 7.48. The van der Waals surface area contributed by atoms with Crippen LogP contribution < -0.4 is 5.32 Å². The largest absolute Gasteiger partial charge is 0.465 e. The lowest BCUT2D eigenvalue weighted by Crippen LogP contribution is -2.26. The summed E-state index contributed by atoms with van der Waals surface area (Å²) in [4.78, 5) is 28.6. The molecule has 2 atom stereocenters. The molecule has 0 aliphatic heterocycles. The Morgan fingerprint density at radius 1 is 1.06 bits per heavy atom. The van der Waals surface area contributed by atoms with Crippen molar-refractivity contribution < 1.29 is 14.3 Å². The fourth-order valence-corrected chi connectivity index (χ4v) is 6.81. The Morgan fingerprint density at radius 3 is 2.32 bits per heavy atom. The van der Waals surface area contributed by atoms with Gasteiger partial charge in [0, 0.05) is 9.77 Å². The molecule has 0 unspecified atom stereocenters. The molecule has 1 amide bonds. The summed E-state index contributed by atoms with van der Waals surface area (Å²) < 4.78 is 5.13. The van der Waals surface area contributed by atoms with Crippen LogP contribution in [0.15, 0.2) is 65.6 Å². The number of hydrogen-bond acceptors (Lipinski definition) is 5.